The molecule has 0 bridgehead atoms. The maximum Gasteiger partial charge on any atom is 0.328 e. The van der Waals surface area contributed by atoms with Crippen LogP contribution in [0.5, 0.6) is 5.75 Å². The number of esters is 1. The number of hydrogen-bond donors (Lipinski definition) is 7. The fourth-order valence-electron chi connectivity index (χ4n) is 5.59. The molecule has 1 heterocycles. The van der Waals surface area contributed by atoms with E-state index in [1.54, 1.807) is 55.4 Å². The van der Waals surface area contributed by atoms with Crippen LogP contribution in [-0.4, -0.2) is 104 Å². The zero-order valence-electron chi connectivity index (χ0n) is 33.7. The molecule has 1 aromatic rings. The minimum atomic E-state index is -4.10. The first kappa shape index (κ1) is 46.7. The molecule has 310 valence electrons. The molecule has 0 fully saturated rings. The fourth-order valence-corrected chi connectivity index (χ4v) is 7.12. The number of nitrogens with zero attached hydrogens (tertiary/aromatic N) is 1. The summed E-state index contributed by atoms with van der Waals surface area (Å²) in [7, 11) is -4.10. The number of nitrogens with two attached hydrogens (primary N) is 2. The first-order valence-electron chi connectivity index (χ1n) is 17.9. The second-order valence-corrected chi connectivity index (χ2v) is 17.7. The summed E-state index contributed by atoms with van der Waals surface area (Å²) >= 11 is 0. The molecule has 1 aliphatic heterocycles. The van der Waals surface area contributed by atoms with Crippen molar-refractivity contribution in [3.63, 3.8) is 0 Å². The lowest BCUT2D eigenvalue weighted by Crippen LogP contribution is -2.55. The number of carboxylic acids is 1. The van der Waals surface area contributed by atoms with Crippen LogP contribution in [0.1, 0.15) is 96.9 Å². The molecule has 18 nitrogen and oxygen atoms in total. The van der Waals surface area contributed by atoms with Crippen LogP contribution < -0.4 is 36.9 Å². The van der Waals surface area contributed by atoms with Gasteiger partial charge in [0.1, 0.15) is 23.0 Å². The highest BCUT2D eigenvalue weighted by atomic mass is 32.2. The third-order valence-electron chi connectivity index (χ3n) is 8.26. The lowest BCUT2D eigenvalue weighted by molar-refractivity contribution is -0.156. The molecule has 0 aliphatic carbocycles. The van der Waals surface area contributed by atoms with Crippen molar-refractivity contribution in [3.05, 3.63) is 22.3 Å². The van der Waals surface area contributed by atoms with Crippen molar-refractivity contribution in [1.29, 1.82) is 0 Å². The number of sulfonamides is 1. The molecule has 0 unspecified atom stereocenters. The molecule has 0 saturated heterocycles. The van der Waals surface area contributed by atoms with Gasteiger partial charge in [-0.3, -0.25) is 24.2 Å². The van der Waals surface area contributed by atoms with E-state index < -0.39 is 87.6 Å². The maximum absolute atomic E-state index is 13.4. The van der Waals surface area contributed by atoms with E-state index in [4.69, 9.17) is 25.7 Å². The summed E-state index contributed by atoms with van der Waals surface area (Å²) in [6.07, 6.45) is 0.238. The van der Waals surface area contributed by atoms with Crippen molar-refractivity contribution < 1.29 is 51.7 Å². The zero-order valence-corrected chi connectivity index (χ0v) is 34.5. The summed E-state index contributed by atoms with van der Waals surface area (Å²) in [4.78, 5) is 67.1. The average molecular weight is 798 g/mol. The Hall–Kier alpha value is -4.49. The van der Waals surface area contributed by atoms with Gasteiger partial charge in [-0.1, -0.05) is 0 Å². The van der Waals surface area contributed by atoms with E-state index in [2.05, 4.69) is 25.7 Å². The molecule has 55 heavy (non-hydrogen) atoms. The van der Waals surface area contributed by atoms with Crippen LogP contribution in [0, 0.1) is 20.8 Å². The number of carboxylic acid groups (broad SMARTS) is 1. The van der Waals surface area contributed by atoms with Gasteiger partial charge in [0, 0.05) is 18.5 Å². The van der Waals surface area contributed by atoms with Crippen LogP contribution in [0.2, 0.25) is 0 Å². The number of fused-ring (bicyclic) bond motifs is 1. The molecule has 0 radical (unpaired) electrons. The Morgan fingerprint density at radius 2 is 1.56 bits per heavy atom. The van der Waals surface area contributed by atoms with Crippen molar-refractivity contribution >= 4 is 45.6 Å². The summed E-state index contributed by atoms with van der Waals surface area (Å²) in [5, 5.41) is 16.5. The van der Waals surface area contributed by atoms with E-state index in [1.807, 2.05) is 20.8 Å². The van der Waals surface area contributed by atoms with Gasteiger partial charge in [-0.25, -0.2) is 17.9 Å². The minimum Gasteiger partial charge on any atom is -0.487 e. The largest absolute Gasteiger partial charge is 0.487 e. The van der Waals surface area contributed by atoms with Gasteiger partial charge in [-0.05, 0) is 106 Å². The van der Waals surface area contributed by atoms with Crippen molar-refractivity contribution in [2.75, 3.05) is 19.7 Å². The highest BCUT2D eigenvalue weighted by Crippen LogP contribution is 2.43. The van der Waals surface area contributed by atoms with E-state index >= 15 is 0 Å². The molecule has 0 aromatic heterocycles. The molecule has 0 saturated carbocycles. The topological polar surface area (TPSA) is 280 Å². The van der Waals surface area contributed by atoms with Crippen LogP contribution in [0.15, 0.2) is 9.89 Å². The van der Waals surface area contributed by atoms with Gasteiger partial charge >= 0.3 is 11.9 Å². The molecule has 0 spiro atoms. The van der Waals surface area contributed by atoms with Gasteiger partial charge in [-0.15, -0.1) is 0 Å². The van der Waals surface area contributed by atoms with E-state index in [0.29, 0.717) is 23.3 Å². The molecule has 3 amide bonds. The number of benzene rings is 1. The second kappa shape index (κ2) is 18.4. The number of carbonyl (C=O) groups is 5. The average Bonchev–Trinajstić information content (AvgIpc) is 3.36. The number of aliphatic imine (C=N–C) groups is 1. The number of rotatable bonds is 17. The Morgan fingerprint density at radius 1 is 0.945 bits per heavy atom. The molecule has 2 rings (SSSR count). The third-order valence-corrected chi connectivity index (χ3v) is 9.88. The van der Waals surface area contributed by atoms with Crippen LogP contribution in [0.3, 0.4) is 0 Å². The Labute approximate surface area is 323 Å². The third kappa shape index (κ3) is 14.6. The lowest BCUT2D eigenvalue weighted by atomic mass is 9.94. The highest BCUT2D eigenvalue weighted by Gasteiger charge is 2.37. The van der Waals surface area contributed by atoms with Gasteiger partial charge in [0.2, 0.25) is 23.7 Å². The SMILES string of the molecule is Cc1c(C)c(S(=O)(=O)NC(N)=NCCC[C@H](N)C(=O)NCC(=O)N[C@@H](CC(=O)OC(C)(C)C)C(=O)N[C@@H](COC(C)(C)C)C(=O)O)c(C)c2c1OC(C)(C)C2. The first-order chi connectivity index (χ1) is 25.0. The quantitative estimate of drug-likeness (QED) is 0.0497. The van der Waals surface area contributed by atoms with E-state index in [1.165, 1.54) is 0 Å². The predicted molar refractivity (Wildman–Crippen MR) is 204 cm³/mol. The summed E-state index contributed by atoms with van der Waals surface area (Å²) < 4.78 is 46.0. The number of hydrogen-bond acceptors (Lipinski definition) is 12. The van der Waals surface area contributed by atoms with Crippen molar-refractivity contribution in [2.45, 2.75) is 142 Å². The normalized spacial score (nSPS) is 15.8. The standard InChI is InChI=1S/C36H59N7O11S/c1-19-20(2)29(21(3)22-16-36(10,11)54-28(19)22)55(50,51)43-33(38)39-14-12-13-23(37)30(46)40-17-26(44)41-24(15-27(45)53-35(7,8)9)31(47)42-25(32(48)49)18-52-34(4,5)6/h23-25H,12-18,37H2,1-11H3,(H,40,46)(H,41,44)(H,42,47)(H,48,49)(H3,38,39,43)/t23-,24-,25-/m0/s1. The van der Waals surface area contributed by atoms with Gasteiger partial charge in [0.25, 0.3) is 10.0 Å². The summed E-state index contributed by atoms with van der Waals surface area (Å²) in [6.45, 7) is 18.1. The van der Waals surface area contributed by atoms with Gasteiger partial charge in [0.15, 0.2) is 6.04 Å². The first-order valence-corrected chi connectivity index (χ1v) is 19.4. The molecule has 9 N–H and O–H groups in total. The van der Waals surface area contributed by atoms with Crippen molar-refractivity contribution in [1.82, 2.24) is 20.7 Å². The Balaban J connectivity index is 1.97. The Kier molecular flexibility index (Phi) is 15.6. The van der Waals surface area contributed by atoms with Crippen LogP contribution >= 0.6 is 0 Å². The molecule has 1 aromatic carbocycles. The van der Waals surface area contributed by atoms with Crippen molar-refractivity contribution in [2.24, 2.45) is 16.5 Å². The van der Waals surface area contributed by atoms with Crippen LogP contribution in [-0.2, 0) is 49.9 Å². The molecule has 1 aliphatic rings. The summed E-state index contributed by atoms with van der Waals surface area (Å²) in [6, 6.07) is -4.13. The van der Waals surface area contributed by atoms with Gasteiger partial charge in [-0.2, -0.15) is 0 Å². The molecular weight excluding hydrogens is 739 g/mol. The van der Waals surface area contributed by atoms with Crippen LogP contribution in [0.25, 0.3) is 0 Å². The van der Waals surface area contributed by atoms with Crippen LogP contribution in [0.4, 0.5) is 0 Å². The number of ether oxygens (including phenoxy) is 3. The zero-order chi connectivity index (χ0) is 42.3. The smallest absolute Gasteiger partial charge is 0.328 e. The second-order valence-electron chi connectivity index (χ2n) is 16.1. The maximum atomic E-state index is 13.4. The van der Waals surface area contributed by atoms with Gasteiger partial charge in [0.05, 0.1) is 36.1 Å². The molecule has 3 atom stereocenters. The number of nitrogens with one attached hydrogen (secondary N) is 4. The number of carbonyl (C=O) groups excluding carboxylic acids is 4. The number of guanidine groups is 1. The van der Waals surface area contributed by atoms with E-state index in [0.717, 1.165) is 11.1 Å². The summed E-state index contributed by atoms with van der Waals surface area (Å²) in [5.41, 5.74) is 12.5. The molecule has 19 heteroatoms. The van der Waals surface area contributed by atoms with Crippen molar-refractivity contribution in [3.8, 4) is 5.75 Å². The van der Waals surface area contributed by atoms with E-state index in [-0.39, 0.29) is 36.8 Å². The number of amides is 3. The fraction of sp³-hybridized carbons (Fsp3) is 0.667. The van der Waals surface area contributed by atoms with Gasteiger partial charge < -0.3 is 46.7 Å². The number of aliphatic carboxylic acids is 1. The monoisotopic (exact) mass is 797 g/mol. The highest BCUT2D eigenvalue weighted by molar-refractivity contribution is 7.90. The Bertz CT molecular complexity index is 1760. The molecular formula is C36H59N7O11S. The predicted octanol–water partition coefficient (Wildman–Crippen LogP) is 0.743. The lowest BCUT2D eigenvalue weighted by Gasteiger charge is -2.25. The Morgan fingerprint density at radius 3 is 2.13 bits per heavy atom. The van der Waals surface area contributed by atoms with E-state index in [9.17, 15) is 37.5 Å². The summed E-state index contributed by atoms with van der Waals surface area (Å²) in [5.74, 6) is -4.45. The minimum absolute atomic E-state index is 0.0264.